The fraction of sp³-hybridized carbons (Fsp3) is 0.600. The summed E-state index contributed by atoms with van der Waals surface area (Å²) in [5.41, 5.74) is 0.960. The maximum Gasteiger partial charge on any atom is 0.239 e. The molecule has 150 valence electrons. The van der Waals surface area contributed by atoms with Gasteiger partial charge in [-0.05, 0) is 45.2 Å². The number of carbonyl (C=O) groups is 1. The average Bonchev–Trinajstić information content (AvgIpc) is 3.09. The summed E-state index contributed by atoms with van der Waals surface area (Å²) >= 11 is 0. The summed E-state index contributed by atoms with van der Waals surface area (Å²) in [5, 5.41) is 9.33. The first-order chi connectivity index (χ1) is 12.8. The molecular formula is C20H33N5O2. The number of amides is 1. The van der Waals surface area contributed by atoms with Gasteiger partial charge in [0, 0.05) is 44.0 Å². The van der Waals surface area contributed by atoms with Crippen LogP contribution in [0.15, 0.2) is 29.3 Å². The maximum atomic E-state index is 11.9. The van der Waals surface area contributed by atoms with Gasteiger partial charge < -0.3 is 25.6 Å². The number of hydrogen-bond donors (Lipinski definition) is 3. The number of nitrogens with zero attached hydrogens (tertiary/aromatic N) is 2. The molecule has 1 aliphatic heterocycles. The largest absolute Gasteiger partial charge is 0.497 e. The predicted molar refractivity (Wildman–Crippen MR) is 111 cm³/mol. The predicted octanol–water partition coefficient (Wildman–Crippen LogP) is 1.60. The van der Waals surface area contributed by atoms with Gasteiger partial charge in [0.15, 0.2) is 5.96 Å². The molecule has 27 heavy (non-hydrogen) atoms. The van der Waals surface area contributed by atoms with E-state index >= 15 is 0 Å². The van der Waals surface area contributed by atoms with E-state index in [1.807, 2.05) is 32.9 Å². The lowest BCUT2D eigenvalue weighted by Gasteiger charge is -2.21. The first-order valence-electron chi connectivity index (χ1n) is 9.45. The zero-order chi connectivity index (χ0) is 19.9. The van der Waals surface area contributed by atoms with Crippen molar-refractivity contribution in [3.63, 3.8) is 0 Å². The Morgan fingerprint density at radius 3 is 2.78 bits per heavy atom. The molecule has 1 aromatic rings. The van der Waals surface area contributed by atoms with E-state index in [0.717, 1.165) is 31.8 Å². The fourth-order valence-corrected chi connectivity index (χ4v) is 3.13. The van der Waals surface area contributed by atoms with Crippen LogP contribution in [-0.2, 0) is 4.79 Å². The molecule has 1 aliphatic rings. The molecule has 0 spiro atoms. The molecule has 0 aliphatic carbocycles. The minimum atomic E-state index is -0.233. The molecule has 7 nitrogen and oxygen atoms in total. The van der Waals surface area contributed by atoms with Gasteiger partial charge in [0.2, 0.25) is 5.91 Å². The van der Waals surface area contributed by atoms with Crippen molar-refractivity contribution in [3.05, 3.63) is 24.3 Å². The average molecular weight is 376 g/mol. The summed E-state index contributed by atoms with van der Waals surface area (Å²) in [6.45, 7) is 8.93. The highest BCUT2D eigenvalue weighted by atomic mass is 16.5. The lowest BCUT2D eigenvalue weighted by Crippen LogP contribution is -2.48. The van der Waals surface area contributed by atoms with Gasteiger partial charge in [-0.2, -0.15) is 0 Å². The van der Waals surface area contributed by atoms with Gasteiger partial charge in [-0.3, -0.25) is 9.79 Å². The van der Waals surface area contributed by atoms with Crippen LogP contribution in [0.3, 0.4) is 0 Å². The molecule has 7 heteroatoms. The van der Waals surface area contributed by atoms with Crippen LogP contribution in [0.5, 0.6) is 5.75 Å². The number of anilines is 1. The van der Waals surface area contributed by atoms with Gasteiger partial charge in [0.25, 0.3) is 0 Å². The molecule has 2 rings (SSSR count). The van der Waals surface area contributed by atoms with Gasteiger partial charge in [0.05, 0.1) is 13.7 Å². The van der Waals surface area contributed by atoms with E-state index in [1.165, 1.54) is 5.69 Å². The second kappa shape index (κ2) is 9.48. The number of carbonyl (C=O) groups excluding carboxylic acids is 1. The molecule has 0 saturated carbocycles. The highest BCUT2D eigenvalue weighted by Gasteiger charge is 2.23. The second-order valence-corrected chi connectivity index (χ2v) is 7.91. The van der Waals surface area contributed by atoms with E-state index in [0.29, 0.717) is 11.9 Å². The van der Waals surface area contributed by atoms with E-state index < -0.39 is 0 Å². The Morgan fingerprint density at radius 2 is 2.11 bits per heavy atom. The van der Waals surface area contributed by atoms with Crippen LogP contribution in [0.25, 0.3) is 0 Å². The highest BCUT2D eigenvalue weighted by Crippen LogP contribution is 2.26. The number of rotatable bonds is 6. The highest BCUT2D eigenvalue weighted by molar-refractivity contribution is 5.86. The summed E-state index contributed by atoms with van der Waals surface area (Å²) in [7, 11) is 3.41. The Balaban J connectivity index is 1.76. The van der Waals surface area contributed by atoms with Crippen molar-refractivity contribution in [2.24, 2.45) is 10.9 Å². The van der Waals surface area contributed by atoms with Crippen LogP contribution in [-0.4, -0.2) is 57.7 Å². The van der Waals surface area contributed by atoms with Gasteiger partial charge >= 0.3 is 0 Å². The normalized spacial score (nSPS) is 17.6. The van der Waals surface area contributed by atoms with Crippen molar-refractivity contribution in [3.8, 4) is 5.75 Å². The maximum absolute atomic E-state index is 11.9. The van der Waals surface area contributed by atoms with Gasteiger partial charge in [-0.25, -0.2) is 0 Å². The standard InChI is InChI=1S/C20H33N5O2/c1-20(2,3)24-18(26)13-23-19(21-4)22-12-15-9-10-25(14-15)16-7-6-8-17(11-16)27-5/h6-8,11,15H,9-10,12-14H2,1-5H3,(H,24,26)(H2,21,22,23). The van der Waals surface area contributed by atoms with Crippen molar-refractivity contribution in [2.75, 3.05) is 45.2 Å². The second-order valence-electron chi connectivity index (χ2n) is 7.91. The molecule has 1 fully saturated rings. The fourth-order valence-electron chi connectivity index (χ4n) is 3.13. The van der Waals surface area contributed by atoms with Crippen LogP contribution < -0.4 is 25.6 Å². The topological polar surface area (TPSA) is 78.0 Å². The smallest absolute Gasteiger partial charge is 0.239 e. The molecule has 1 atom stereocenters. The number of aliphatic imine (C=N–C) groups is 1. The lowest BCUT2D eigenvalue weighted by molar-refractivity contribution is -0.121. The molecule has 1 saturated heterocycles. The minimum absolute atomic E-state index is 0.0458. The monoisotopic (exact) mass is 375 g/mol. The van der Waals surface area contributed by atoms with Crippen molar-refractivity contribution < 1.29 is 9.53 Å². The quantitative estimate of drug-likeness (QED) is 0.520. The van der Waals surface area contributed by atoms with E-state index in [4.69, 9.17) is 4.74 Å². The lowest BCUT2D eigenvalue weighted by atomic mass is 10.1. The van der Waals surface area contributed by atoms with E-state index in [1.54, 1.807) is 14.2 Å². The van der Waals surface area contributed by atoms with Crippen LogP contribution in [0.1, 0.15) is 27.2 Å². The number of guanidine groups is 1. The molecule has 0 radical (unpaired) electrons. The molecule has 1 unspecified atom stereocenters. The Kier molecular flexibility index (Phi) is 7.33. The molecule has 1 amide bonds. The SMILES string of the molecule is CN=C(NCC(=O)NC(C)(C)C)NCC1CCN(c2cccc(OC)c2)C1. The first kappa shape index (κ1) is 20.9. The van der Waals surface area contributed by atoms with Gasteiger partial charge in [0.1, 0.15) is 5.75 Å². The van der Waals surface area contributed by atoms with Crippen molar-refractivity contribution in [1.29, 1.82) is 0 Å². The first-order valence-corrected chi connectivity index (χ1v) is 9.45. The summed E-state index contributed by atoms with van der Waals surface area (Å²) in [6, 6.07) is 8.18. The van der Waals surface area contributed by atoms with Crippen LogP contribution >= 0.6 is 0 Å². The summed E-state index contributed by atoms with van der Waals surface area (Å²) in [5.74, 6) is 2.01. The van der Waals surface area contributed by atoms with Gasteiger partial charge in [-0.15, -0.1) is 0 Å². The third kappa shape index (κ3) is 7.00. The Hall–Kier alpha value is -2.44. The molecule has 1 heterocycles. The zero-order valence-electron chi connectivity index (χ0n) is 17.1. The number of benzene rings is 1. The Labute approximate surface area is 162 Å². The zero-order valence-corrected chi connectivity index (χ0v) is 17.1. The summed E-state index contributed by atoms with van der Waals surface area (Å²) in [6.07, 6.45) is 1.12. The van der Waals surface area contributed by atoms with Crippen LogP contribution in [0, 0.1) is 5.92 Å². The van der Waals surface area contributed by atoms with Crippen molar-refractivity contribution in [2.45, 2.75) is 32.7 Å². The molecule has 1 aromatic carbocycles. The number of ether oxygens (including phenoxy) is 1. The summed E-state index contributed by atoms with van der Waals surface area (Å²) < 4.78 is 5.32. The minimum Gasteiger partial charge on any atom is -0.497 e. The van der Waals surface area contributed by atoms with E-state index in [-0.39, 0.29) is 18.0 Å². The van der Waals surface area contributed by atoms with E-state index in [9.17, 15) is 4.79 Å². The molecule has 0 bridgehead atoms. The number of methoxy groups -OCH3 is 1. The molecule has 3 N–H and O–H groups in total. The van der Waals surface area contributed by atoms with Crippen molar-refractivity contribution >= 4 is 17.6 Å². The van der Waals surface area contributed by atoms with Crippen LogP contribution in [0.2, 0.25) is 0 Å². The van der Waals surface area contributed by atoms with Crippen molar-refractivity contribution in [1.82, 2.24) is 16.0 Å². The third-order valence-corrected chi connectivity index (χ3v) is 4.42. The van der Waals surface area contributed by atoms with E-state index in [2.05, 4.69) is 38.0 Å². The van der Waals surface area contributed by atoms with Gasteiger partial charge in [-0.1, -0.05) is 6.07 Å². The molecular weight excluding hydrogens is 342 g/mol. The molecule has 0 aromatic heterocycles. The Morgan fingerprint density at radius 1 is 1.33 bits per heavy atom. The van der Waals surface area contributed by atoms with Crippen LogP contribution in [0.4, 0.5) is 5.69 Å². The number of hydrogen-bond acceptors (Lipinski definition) is 4. The summed E-state index contributed by atoms with van der Waals surface area (Å²) in [4.78, 5) is 18.5. The third-order valence-electron chi connectivity index (χ3n) is 4.42. The number of nitrogens with one attached hydrogen (secondary N) is 3. The Bertz CT molecular complexity index is 654.